The number of amides is 1. The summed E-state index contributed by atoms with van der Waals surface area (Å²) in [4.78, 5) is 16.4. The van der Waals surface area contributed by atoms with Crippen LogP contribution in [0.2, 0.25) is 0 Å². The lowest BCUT2D eigenvalue weighted by Crippen LogP contribution is -2.24. The molecule has 2 N–H and O–H groups in total. The highest BCUT2D eigenvalue weighted by molar-refractivity contribution is 5.92. The average Bonchev–Trinajstić information content (AvgIpc) is 2.45. The number of hydrogen-bond acceptors (Lipinski definition) is 3. The number of anilines is 1. The molecule has 0 aliphatic rings. The molecule has 1 amide bonds. The Morgan fingerprint density at radius 1 is 1.10 bits per heavy atom. The maximum Gasteiger partial charge on any atom is 0.270 e. The summed E-state index contributed by atoms with van der Waals surface area (Å²) < 4.78 is 0. The van der Waals surface area contributed by atoms with Crippen LogP contribution in [-0.4, -0.2) is 16.9 Å². The van der Waals surface area contributed by atoms with Crippen LogP contribution in [-0.2, 0) is 6.54 Å². The molecule has 0 bridgehead atoms. The first-order chi connectivity index (χ1) is 9.65. The normalized spacial score (nSPS) is 10.3. The fourth-order valence-electron chi connectivity index (χ4n) is 1.81. The molecule has 20 heavy (non-hydrogen) atoms. The van der Waals surface area contributed by atoms with Gasteiger partial charge in [-0.1, -0.05) is 36.4 Å². The largest absolute Gasteiger partial charge is 0.368 e. The first kappa shape index (κ1) is 14.1. The number of carbonyl (C=O) groups excluding carboxylic acids is 1. The smallest absolute Gasteiger partial charge is 0.270 e. The molecule has 104 valence electrons. The summed E-state index contributed by atoms with van der Waals surface area (Å²) in [6, 6.07) is 15.5. The highest BCUT2D eigenvalue weighted by Gasteiger charge is 2.08. The minimum Gasteiger partial charge on any atom is -0.368 e. The van der Waals surface area contributed by atoms with Gasteiger partial charge in [0.2, 0.25) is 0 Å². The van der Waals surface area contributed by atoms with Gasteiger partial charge in [0.25, 0.3) is 5.91 Å². The summed E-state index contributed by atoms with van der Waals surface area (Å²) in [5.74, 6) is 0.550. The van der Waals surface area contributed by atoms with Crippen molar-refractivity contribution in [3.05, 3.63) is 59.8 Å². The Kier molecular flexibility index (Phi) is 4.71. The van der Waals surface area contributed by atoms with Crippen molar-refractivity contribution in [1.82, 2.24) is 10.3 Å². The van der Waals surface area contributed by atoms with Gasteiger partial charge < -0.3 is 10.6 Å². The molecule has 0 aliphatic heterocycles. The Labute approximate surface area is 119 Å². The Bertz CT molecular complexity index is 567. The van der Waals surface area contributed by atoms with Gasteiger partial charge >= 0.3 is 0 Å². The number of benzene rings is 1. The second-order valence-corrected chi connectivity index (χ2v) is 4.88. The lowest BCUT2D eigenvalue weighted by Gasteiger charge is -2.10. The van der Waals surface area contributed by atoms with Gasteiger partial charge in [-0.05, 0) is 31.5 Å². The van der Waals surface area contributed by atoms with Crippen LogP contribution in [0.3, 0.4) is 0 Å². The third-order valence-electron chi connectivity index (χ3n) is 2.71. The number of rotatable bonds is 5. The van der Waals surface area contributed by atoms with Crippen molar-refractivity contribution < 1.29 is 4.79 Å². The van der Waals surface area contributed by atoms with Crippen LogP contribution in [0.25, 0.3) is 0 Å². The average molecular weight is 269 g/mol. The zero-order valence-corrected chi connectivity index (χ0v) is 11.8. The molecule has 0 spiro atoms. The van der Waals surface area contributed by atoms with E-state index in [0.29, 0.717) is 18.1 Å². The van der Waals surface area contributed by atoms with Crippen LogP contribution in [0.15, 0.2) is 48.5 Å². The number of aromatic nitrogens is 1. The van der Waals surface area contributed by atoms with E-state index >= 15 is 0 Å². The lowest BCUT2D eigenvalue weighted by atomic mass is 10.2. The third-order valence-corrected chi connectivity index (χ3v) is 2.71. The van der Waals surface area contributed by atoms with Crippen molar-refractivity contribution in [2.75, 3.05) is 5.32 Å². The molecule has 0 radical (unpaired) electrons. The Hall–Kier alpha value is -2.36. The predicted octanol–water partition coefficient (Wildman–Crippen LogP) is 2.83. The molecule has 0 unspecified atom stereocenters. The quantitative estimate of drug-likeness (QED) is 0.877. The summed E-state index contributed by atoms with van der Waals surface area (Å²) in [5, 5.41) is 6.05. The van der Waals surface area contributed by atoms with E-state index in [-0.39, 0.29) is 11.9 Å². The zero-order valence-electron chi connectivity index (χ0n) is 11.8. The van der Waals surface area contributed by atoms with E-state index in [4.69, 9.17) is 0 Å². The summed E-state index contributed by atoms with van der Waals surface area (Å²) in [7, 11) is 0. The van der Waals surface area contributed by atoms with Crippen molar-refractivity contribution in [2.45, 2.75) is 26.4 Å². The Morgan fingerprint density at radius 2 is 1.85 bits per heavy atom. The molecule has 2 rings (SSSR count). The van der Waals surface area contributed by atoms with E-state index in [0.717, 1.165) is 5.56 Å². The van der Waals surface area contributed by atoms with E-state index in [1.165, 1.54) is 0 Å². The number of carbonyl (C=O) groups is 1. The van der Waals surface area contributed by atoms with Crippen molar-refractivity contribution in [2.24, 2.45) is 0 Å². The van der Waals surface area contributed by atoms with E-state index in [2.05, 4.69) is 15.6 Å². The second kappa shape index (κ2) is 6.70. The second-order valence-electron chi connectivity index (χ2n) is 4.88. The first-order valence-corrected chi connectivity index (χ1v) is 6.71. The van der Waals surface area contributed by atoms with Crippen molar-refractivity contribution in [3.8, 4) is 0 Å². The molecule has 4 nitrogen and oxygen atoms in total. The van der Waals surface area contributed by atoms with Gasteiger partial charge in [0, 0.05) is 12.6 Å². The van der Waals surface area contributed by atoms with E-state index in [9.17, 15) is 4.79 Å². The monoisotopic (exact) mass is 269 g/mol. The van der Waals surface area contributed by atoms with Crippen LogP contribution < -0.4 is 10.6 Å². The molecule has 1 aromatic carbocycles. The van der Waals surface area contributed by atoms with Crippen molar-refractivity contribution in [1.29, 1.82) is 0 Å². The molecule has 0 saturated heterocycles. The minimum absolute atomic E-state index is 0.166. The molecule has 1 aromatic heterocycles. The van der Waals surface area contributed by atoms with Gasteiger partial charge in [0.1, 0.15) is 11.5 Å². The van der Waals surface area contributed by atoms with Gasteiger partial charge in [-0.3, -0.25) is 4.79 Å². The molecule has 0 saturated carbocycles. The number of hydrogen-bond donors (Lipinski definition) is 2. The molecule has 0 aliphatic carbocycles. The molecule has 0 atom stereocenters. The van der Waals surface area contributed by atoms with Crippen LogP contribution in [0.4, 0.5) is 5.82 Å². The van der Waals surface area contributed by atoms with Gasteiger partial charge in [0.05, 0.1) is 0 Å². The van der Waals surface area contributed by atoms with E-state index in [1.807, 2.05) is 56.3 Å². The molecule has 2 aromatic rings. The number of pyridine rings is 1. The fraction of sp³-hybridized carbons (Fsp3) is 0.250. The Morgan fingerprint density at radius 3 is 2.55 bits per heavy atom. The van der Waals surface area contributed by atoms with Crippen LogP contribution in [0.5, 0.6) is 0 Å². The fourth-order valence-corrected chi connectivity index (χ4v) is 1.81. The van der Waals surface area contributed by atoms with Crippen molar-refractivity contribution in [3.63, 3.8) is 0 Å². The molecular formula is C16H19N3O. The number of nitrogens with zero attached hydrogens (tertiary/aromatic N) is 1. The van der Waals surface area contributed by atoms with E-state index < -0.39 is 0 Å². The standard InChI is InChI=1S/C16H19N3O/c1-12(2)18-15-10-6-9-14(19-15)16(20)17-11-13-7-4-3-5-8-13/h3-10,12H,11H2,1-2H3,(H,17,20)(H,18,19). The number of nitrogens with one attached hydrogen (secondary N) is 2. The highest BCUT2D eigenvalue weighted by atomic mass is 16.1. The third kappa shape index (κ3) is 4.09. The molecule has 0 fully saturated rings. The Balaban J connectivity index is 1.98. The minimum atomic E-state index is -0.166. The molecule has 1 heterocycles. The predicted molar refractivity (Wildman–Crippen MR) is 80.6 cm³/mol. The maximum absolute atomic E-state index is 12.1. The lowest BCUT2D eigenvalue weighted by molar-refractivity contribution is 0.0946. The summed E-state index contributed by atoms with van der Waals surface area (Å²) >= 11 is 0. The van der Waals surface area contributed by atoms with Crippen LogP contribution >= 0.6 is 0 Å². The topological polar surface area (TPSA) is 54.0 Å². The zero-order chi connectivity index (χ0) is 14.4. The highest BCUT2D eigenvalue weighted by Crippen LogP contribution is 2.07. The summed E-state index contributed by atoms with van der Waals surface area (Å²) in [6.45, 7) is 4.57. The van der Waals surface area contributed by atoms with Crippen molar-refractivity contribution >= 4 is 11.7 Å². The summed E-state index contributed by atoms with van der Waals surface area (Å²) in [6.07, 6.45) is 0. The van der Waals surface area contributed by atoms with Gasteiger partial charge in [-0.15, -0.1) is 0 Å². The van der Waals surface area contributed by atoms with Crippen LogP contribution in [0.1, 0.15) is 29.9 Å². The molecular weight excluding hydrogens is 250 g/mol. The first-order valence-electron chi connectivity index (χ1n) is 6.71. The van der Waals surface area contributed by atoms with Gasteiger partial charge in [-0.2, -0.15) is 0 Å². The maximum atomic E-state index is 12.1. The van der Waals surface area contributed by atoms with E-state index in [1.54, 1.807) is 6.07 Å². The van der Waals surface area contributed by atoms with Crippen LogP contribution in [0, 0.1) is 0 Å². The van der Waals surface area contributed by atoms with Gasteiger partial charge in [0.15, 0.2) is 0 Å². The SMILES string of the molecule is CC(C)Nc1cccc(C(=O)NCc2ccccc2)n1. The summed E-state index contributed by atoms with van der Waals surface area (Å²) in [5.41, 5.74) is 1.49. The molecule has 4 heteroatoms. The van der Waals surface area contributed by atoms with Gasteiger partial charge in [-0.25, -0.2) is 4.98 Å².